The molecule has 3 rings (SSSR count). The fourth-order valence-corrected chi connectivity index (χ4v) is 2.97. The van der Waals surface area contributed by atoms with Gasteiger partial charge in [0.05, 0.1) is 4.92 Å². The van der Waals surface area contributed by atoms with Crippen LogP contribution in [0.4, 0.5) is 23.0 Å². The van der Waals surface area contributed by atoms with E-state index >= 15 is 0 Å². The fraction of sp³-hybridized carbons (Fsp3) is 0.190. The van der Waals surface area contributed by atoms with Crippen LogP contribution in [-0.2, 0) is 0 Å². The van der Waals surface area contributed by atoms with E-state index in [-0.39, 0.29) is 17.3 Å². The third-order valence-corrected chi connectivity index (χ3v) is 4.48. The van der Waals surface area contributed by atoms with Gasteiger partial charge in [0.15, 0.2) is 0 Å². The average molecular weight is 406 g/mol. The molecule has 1 heterocycles. The molecule has 3 aromatic rings. The number of nitro groups is 1. The van der Waals surface area contributed by atoms with E-state index in [1.54, 1.807) is 29.2 Å². The molecule has 0 atom stereocenters. The molecule has 0 spiro atoms. The molecule has 0 unspecified atom stereocenters. The Morgan fingerprint density at radius 1 is 1.10 bits per heavy atom. The van der Waals surface area contributed by atoms with Crippen LogP contribution in [0.25, 0.3) is 0 Å². The maximum Gasteiger partial charge on any atom is 0.355 e. The van der Waals surface area contributed by atoms with Crippen molar-refractivity contribution in [2.24, 2.45) is 0 Å². The van der Waals surface area contributed by atoms with Crippen LogP contribution in [0.3, 0.4) is 0 Å². The number of hydrazine groups is 1. The molecule has 9 nitrogen and oxygen atoms in total. The van der Waals surface area contributed by atoms with Gasteiger partial charge in [-0.05, 0) is 50.6 Å². The highest BCUT2D eigenvalue weighted by Gasteiger charge is 2.27. The predicted molar refractivity (Wildman–Crippen MR) is 115 cm³/mol. The predicted octanol–water partition coefficient (Wildman–Crippen LogP) is 3.92. The maximum absolute atomic E-state index is 12.3. The van der Waals surface area contributed by atoms with Crippen molar-refractivity contribution in [3.05, 3.63) is 81.7 Å². The lowest BCUT2D eigenvalue weighted by atomic mass is 10.1. The molecule has 30 heavy (non-hydrogen) atoms. The number of amides is 1. The van der Waals surface area contributed by atoms with Gasteiger partial charge in [-0.2, -0.15) is 0 Å². The Bertz CT molecular complexity index is 1070. The minimum atomic E-state index is -0.561. The first-order chi connectivity index (χ1) is 14.4. The van der Waals surface area contributed by atoms with Gasteiger partial charge < -0.3 is 4.90 Å². The summed E-state index contributed by atoms with van der Waals surface area (Å²) in [5, 5.41) is 11.9. The molecule has 0 saturated carbocycles. The molecular weight excluding hydrogens is 384 g/mol. The van der Waals surface area contributed by atoms with Crippen molar-refractivity contribution >= 4 is 28.9 Å². The van der Waals surface area contributed by atoms with Crippen molar-refractivity contribution in [2.75, 3.05) is 16.9 Å². The van der Waals surface area contributed by atoms with Gasteiger partial charge in [0, 0.05) is 17.8 Å². The Hall–Kier alpha value is -4.01. The topological polar surface area (TPSA) is 113 Å². The van der Waals surface area contributed by atoms with E-state index in [0.29, 0.717) is 12.1 Å². The van der Waals surface area contributed by atoms with Crippen molar-refractivity contribution in [1.82, 2.24) is 15.4 Å². The van der Waals surface area contributed by atoms with Crippen LogP contribution in [0.15, 0.2) is 54.9 Å². The molecule has 0 radical (unpaired) electrons. The lowest BCUT2D eigenvalue weighted by Crippen LogP contribution is -2.30. The minimum absolute atomic E-state index is 0.100. The molecule has 1 aromatic heterocycles. The third kappa shape index (κ3) is 4.52. The van der Waals surface area contributed by atoms with E-state index in [1.165, 1.54) is 6.33 Å². The van der Waals surface area contributed by atoms with Gasteiger partial charge in [-0.3, -0.25) is 25.8 Å². The molecule has 0 aliphatic rings. The summed E-state index contributed by atoms with van der Waals surface area (Å²) in [5.41, 5.74) is 7.93. The standard InChI is InChI=1S/C21H22N6O3/c1-4-26(17-7-5-6-15(3)12-17)20-18(27(29)30)19(22-13-23-20)24-25-21(28)16-10-8-14(2)9-11-16/h5-13H,4H2,1-3H3,(H,25,28)(H,22,23,24). The van der Waals surface area contributed by atoms with Crippen molar-refractivity contribution in [1.29, 1.82) is 0 Å². The largest absolute Gasteiger partial charge is 0.355 e. The van der Waals surface area contributed by atoms with Gasteiger partial charge in [-0.25, -0.2) is 9.97 Å². The number of nitrogens with one attached hydrogen (secondary N) is 2. The zero-order valence-corrected chi connectivity index (χ0v) is 16.9. The molecule has 0 aliphatic carbocycles. The van der Waals surface area contributed by atoms with Gasteiger partial charge >= 0.3 is 5.69 Å². The highest BCUT2D eigenvalue weighted by Crippen LogP contribution is 2.35. The summed E-state index contributed by atoms with van der Waals surface area (Å²) in [6, 6.07) is 14.5. The van der Waals surface area contributed by atoms with Crippen LogP contribution in [0.1, 0.15) is 28.4 Å². The quantitative estimate of drug-likeness (QED) is 0.452. The minimum Gasteiger partial charge on any atom is -0.321 e. The van der Waals surface area contributed by atoms with Crippen molar-refractivity contribution in [3.63, 3.8) is 0 Å². The van der Waals surface area contributed by atoms with E-state index in [9.17, 15) is 14.9 Å². The molecular formula is C21H22N6O3. The van der Waals surface area contributed by atoms with Gasteiger partial charge in [0.25, 0.3) is 5.91 Å². The summed E-state index contributed by atoms with van der Waals surface area (Å²) >= 11 is 0. The number of carbonyl (C=O) groups excluding carboxylic acids is 1. The lowest BCUT2D eigenvalue weighted by Gasteiger charge is -2.22. The van der Waals surface area contributed by atoms with Crippen LogP contribution in [0, 0.1) is 24.0 Å². The van der Waals surface area contributed by atoms with Gasteiger partial charge in [0.1, 0.15) is 6.33 Å². The Kier molecular flexibility index (Phi) is 6.21. The zero-order chi connectivity index (χ0) is 21.7. The van der Waals surface area contributed by atoms with Crippen molar-refractivity contribution in [2.45, 2.75) is 20.8 Å². The summed E-state index contributed by atoms with van der Waals surface area (Å²) < 4.78 is 0. The Morgan fingerprint density at radius 2 is 1.83 bits per heavy atom. The Balaban J connectivity index is 1.91. The monoisotopic (exact) mass is 406 g/mol. The van der Waals surface area contributed by atoms with E-state index in [4.69, 9.17) is 0 Å². The van der Waals surface area contributed by atoms with E-state index < -0.39 is 10.8 Å². The van der Waals surface area contributed by atoms with Crippen LogP contribution in [-0.4, -0.2) is 27.3 Å². The zero-order valence-electron chi connectivity index (χ0n) is 16.9. The number of hydrogen-bond acceptors (Lipinski definition) is 7. The number of aromatic nitrogens is 2. The van der Waals surface area contributed by atoms with Crippen molar-refractivity contribution < 1.29 is 9.72 Å². The summed E-state index contributed by atoms with van der Waals surface area (Å²) in [5.74, 6) is -0.401. The maximum atomic E-state index is 12.3. The summed E-state index contributed by atoms with van der Waals surface area (Å²) in [6.45, 7) is 6.19. The second-order valence-electron chi connectivity index (χ2n) is 6.68. The van der Waals surface area contributed by atoms with Crippen LogP contribution < -0.4 is 15.8 Å². The van der Waals surface area contributed by atoms with Gasteiger partial charge in [-0.15, -0.1) is 0 Å². The number of nitrogens with zero attached hydrogens (tertiary/aromatic N) is 4. The number of carbonyl (C=O) groups is 1. The first-order valence-electron chi connectivity index (χ1n) is 9.37. The third-order valence-electron chi connectivity index (χ3n) is 4.48. The number of aryl methyl sites for hydroxylation is 2. The Labute approximate surface area is 173 Å². The molecule has 9 heteroatoms. The molecule has 154 valence electrons. The lowest BCUT2D eigenvalue weighted by molar-refractivity contribution is -0.383. The second kappa shape index (κ2) is 8.99. The number of hydrogen-bond donors (Lipinski definition) is 2. The Morgan fingerprint density at radius 3 is 2.47 bits per heavy atom. The normalized spacial score (nSPS) is 10.4. The summed E-state index contributed by atoms with van der Waals surface area (Å²) in [4.78, 5) is 33.5. The first-order valence-corrected chi connectivity index (χ1v) is 9.37. The highest BCUT2D eigenvalue weighted by molar-refractivity contribution is 5.95. The molecule has 0 bridgehead atoms. The molecule has 1 amide bonds. The molecule has 0 fully saturated rings. The summed E-state index contributed by atoms with van der Waals surface area (Å²) in [6.07, 6.45) is 1.22. The fourth-order valence-electron chi connectivity index (χ4n) is 2.97. The van der Waals surface area contributed by atoms with Gasteiger partial charge in [-0.1, -0.05) is 29.8 Å². The first kappa shape index (κ1) is 20.7. The van der Waals surface area contributed by atoms with E-state index in [2.05, 4.69) is 20.8 Å². The second-order valence-corrected chi connectivity index (χ2v) is 6.68. The van der Waals surface area contributed by atoms with Gasteiger partial charge in [0.2, 0.25) is 11.6 Å². The van der Waals surface area contributed by atoms with Crippen LogP contribution >= 0.6 is 0 Å². The van der Waals surface area contributed by atoms with Crippen LogP contribution in [0.5, 0.6) is 0 Å². The van der Waals surface area contributed by atoms with Crippen molar-refractivity contribution in [3.8, 4) is 0 Å². The van der Waals surface area contributed by atoms with E-state index in [0.717, 1.165) is 16.8 Å². The summed E-state index contributed by atoms with van der Waals surface area (Å²) in [7, 11) is 0. The number of anilines is 3. The van der Waals surface area contributed by atoms with Crippen LogP contribution in [0.2, 0.25) is 0 Å². The molecule has 2 aromatic carbocycles. The molecule has 0 saturated heterocycles. The molecule has 0 aliphatic heterocycles. The SMILES string of the molecule is CCN(c1cccc(C)c1)c1ncnc(NNC(=O)c2ccc(C)cc2)c1[N+](=O)[O-]. The van der Waals surface area contributed by atoms with E-state index in [1.807, 2.05) is 45.0 Å². The number of rotatable bonds is 7. The molecule has 2 N–H and O–H groups in total. The highest BCUT2D eigenvalue weighted by atomic mass is 16.6. The average Bonchev–Trinajstić information content (AvgIpc) is 2.73. The number of benzene rings is 2. The smallest absolute Gasteiger partial charge is 0.321 e.